The molecular formula is C18H24N2O2. The van der Waals surface area contributed by atoms with Gasteiger partial charge < -0.3 is 10.2 Å². The van der Waals surface area contributed by atoms with Crippen molar-refractivity contribution in [2.24, 2.45) is 5.92 Å². The van der Waals surface area contributed by atoms with E-state index in [0.717, 1.165) is 18.5 Å². The zero-order valence-electron chi connectivity index (χ0n) is 13.3. The lowest BCUT2D eigenvalue weighted by molar-refractivity contribution is -0.116. The SMILES string of the molecule is CCN(CC)C(=O)c1ccc(NC(=O)C[C@@H]2C=CCC2)cc1. The summed E-state index contributed by atoms with van der Waals surface area (Å²) in [5.41, 5.74) is 1.39. The van der Waals surface area contributed by atoms with Crippen LogP contribution in [-0.2, 0) is 4.79 Å². The minimum Gasteiger partial charge on any atom is -0.339 e. The van der Waals surface area contributed by atoms with E-state index in [-0.39, 0.29) is 11.8 Å². The van der Waals surface area contributed by atoms with Crippen molar-refractivity contribution in [1.82, 2.24) is 4.90 Å². The van der Waals surface area contributed by atoms with Gasteiger partial charge in [-0.15, -0.1) is 0 Å². The van der Waals surface area contributed by atoms with Crippen LogP contribution in [0.5, 0.6) is 0 Å². The first-order chi connectivity index (χ1) is 10.6. The number of anilines is 1. The van der Waals surface area contributed by atoms with E-state index < -0.39 is 0 Å². The van der Waals surface area contributed by atoms with Gasteiger partial charge in [-0.1, -0.05) is 12.2 Å². The highest BCUT2D eigenvalue weighted by molar-refractivity contribution is 5.95. The maximum atomic E-state index is 12.2. The number of benzene rings is 1. The molecule has 0 radical (unpaired) electrons. The summed E-state index contributed by atoms with van der Waals surface area (Å²) < 4.78 is 0. The Labute approximate surface area is 132 Å². The van der Waals surface area contributed by atoms with Gasteiger partial charge in [0, 0.05) is 30.8 Å². The third-order valence-corrected chi connectivity index (χ3v) is 4.03. The quantitative estimate of drug-likeness (QED) is 0.818. The van der Waals surface area contributed by atoms with Gasteiger partial charge in [0.25, 0.3) is 5.91 Å². The van der Waals surface area contributed by atoms with Gasteiger partial charge in [0.2, 0.25) is 5.91 Å². The Bertz CT molecular complexity index is 545. The van der Waals surface area contributed by atoms with Gasteiger partial charge in [0.15, 0.2) is 0 Å². The first-order valence-corrected chi connectivity index (χ1v) is 7.99. The summed E-state index contributed by atoms with van der Waals surface area (Å²) >= 11 is 0. The van der Waals surface area contributed by atoms with Crippen LogP contribution in [-0.4, -0.2) is 29.8 Å². The Hall–Kier alpha value is -2.10. The Morgan fingerprint density at radius 1 is 1.18 bits per heavy atom. The number of carbonyl (C=O) groups excluding carboxylic acids is 2. The van der Waals surface area contributed by atoms with Gasteiger partial charge in [-0.05, 0) is 56.9 Å². The van der Waals surface area contributed by atoms with Crippen molar-refractivity contribution in [1.29, 1.82) is 0 Å². The Balaban J connectivity index is 1.92. The molecule has 0 spiro atoms. The number of hydrogen-bond acceptors (Lipinski definition) is 2. The molecule has 1 aromatic rings. The van der Waals surface area contributed by atoms with Crippen molar-refractivity contribution in [3.8, 4) is 0 Å². The first-order valence-electron chi connectivity index (χ1n) is 7.99. The number of allylic oxidation sites excluding steroid dienone is 2. The van der Waals surface area contributed by atoms with Crippen molar-refractivity contribution in [2.45, 2.75) is 33.1 Å². The van der Waals surface area contributed by atoms with Crippen LogP contribution in [0.3, 0.4) is 0 Å². The Morgan fingerprint density at radius 2 is 1.86 bits per heavy atom. The lowest BCUT2D eigenvalue weighted by Gasteiger charge is -2.18. The van der Waals surface area contributed by atoms with E-state index in [0.29, 0.717) is 31.0 Å². The van der Waals surface area contributed by atoms with Crippen LogP contribution in [0.2, 0.25) is 0 Å². The molecule has 1 aliphatic rings. The monoisotopic (exact) mass is 300 g/mol. The third kappa shape index (κ3) is 4.20. The van der Waals surface area contributed by atoms with Gasteiger partial charge >= 0.3 is 0 Å². The molecule has 0 bridgehead atoms. The molecule has 2 rings (SSSR count). The van der Waals surface area contributed by atoms with Crippen molar-refractivity contribution < 1.29 is 9.59 Å². The molecule has 4 nitrogen and oxygen atoms in total. The molecule has 0 aliphatic heterocycles. The minimum absolute atomic E-state index is 0.0268. The fourth-order valence-corrected chi connectivity index (χ4v) is 2.70. The molecule has 1 atom stereocenters. The van der Waals surface area contributed by atoms with Crippen LogP contribution in [0.1, 0.15) is 43.5 Å². The number of rotatable bonds is 6. The maximum Gasteiger partial charge on any atom is 0.253 e. The second-order valence-corrected chi connectivity index (χ2v) is 5.57. The summed E-state index contributed by atoms with van der Waals surface area (Å²) in [6.07, 6.45) is 6.90. The van der Waals surface area contributed by atoms with Gasteiger partial charge in [0.05, 0.1) is 0 Å². The largest absolute Gasteiger partial charge is 0.339 e. The summed E-state index contributed by atoms with van der Waals surface area (Å²) in [4.78, 5) is 25.9. The number of nitrogens with one attached hydrogen (secondary N) is 1. The zero-order valence-corrected chi connectivity index (χ0v) is 13.3. The number of hydrogen-bond donors (Lipinski definition) is 1. The first kappa shape index (κ1) is 16.3. The standard InChI is InChI=1S/C18H24N2O2/c1-3-20(4-2)18(22)15-9-11-16(12-10-15)19-17(21)13-14-7-5-6-8-14/h5,7,9-12,14H,3-4,6,8,13H2,1-2H3,(H,19,21)/t14-/m1/s1. The highest BCUT2D eigenvalue weighted by Gasteiger charge is 2.15. The van der Waals surface area contributed by atoms with E-state index in [1.807, 2.05) is 13.8 Å². The summed E-state index contributed by atoms with van der Waals surface area (Å²) in [6, 6.07) is 7.12. The van der Waals surface area contributed by atoms with Crippen molar-refractivity contribution >= 4 is 17.5 Å². The second-order valence-electron chi connectivity index (χ2n) is 5.57. The van der Waals surface area contributed by atoms with Crippen molar-refractivity contribution in [3.63, 3.8) is 0 Å². The van der Waals surface area contributed by atoms with E-state index in [9.17, 15) is 9.59 Å². The lowest BCUT2D eigenvalue weighted by atomic mass is 10.0. The molecule has 1 aliphatic carbocycles. The third-order valence-electron chi connectivity index (χ3n) is 4.03. The van der Waals surface area contributed by atoms with Crippen molar-refractivity contribution in [3.05, 3.63) is 42.0 Å². The molecule has 0 aromatic heterocycles. The molecule has 4 heteroatoms. The molecule has 22 heavy (non-hydrogen) atoms. The maximum absolute atomic E-state index is 12.2. The second kappa shape index (κ2) is 7.78. The molecule has 1 aromatic carbocycles. The normalized spacial score (nSPS) is 16.5. The summed E-state index contributed by atoms with van der Waals surface area (Å²) in [5, 5.41) is 2.89. The molecule has 2 amide bonds. The van der Waals surface area contributed by atoms with Crippen LogP contribution < -0.4 is 5.32 Å². The molecule has 0 saturated heterocycles. The highest BCUT2D eigenvalue weighted by atomic mass is 16.2. The molecule has 0 unspecified atom stereocenters. The molecule has 1 N–H and O–H groups in total. The van der Waals surface area contributed by atoms with E-state index in [2.05, 4.69) is 17.5 Å². The topological polar surface area (TPSA) is 49.4 Å². The predicted molar refractivity (Wildman–Crippen MR) is 88.8 cm³/mol. The number of amides is 2. The molecule has 0 fully saturated rings. The van der Waals surface area contributed by atoms with E-state index >= 15 is 0 Å². The van der Waals surface area contributed by atoms with E-state index in [1.54, 1.807) is 29.2 Å². The van der Waals surface area contributed by atoms with Crippen LogP contribution in [0.25, 0.3) is 0 Å². The smallest absolute Gasteiger partial charge is 0.253 e. The van der Waals surface area contributed by atoms with Crippen molar-refractivity contribution in [2.75, 3.05) is 18.4 Å². The average Bonchev–Trinajstić information content (AvgIpc) is 3.02. The van der Waals surface area contributed by atoms with Gasteiger partial charge in [-0.3, -0.25) is 9.59 Å². The summed E-state index contributed by atoms with van der Waals surface area (Å²) in [7, 11) is 0. The predicted octanol–water partition coefficient (Wildman–Crippen LogP) is 3.46. The molecule has 0 saturated carbocycles. The van der Waals surface area contributed by atoms with Crippen LogP contribution >= 0.6 is 0 Å². The van der Waals surface area contributed by atoms with E-state index in [1.165, 1.54) is 0 Å². The molecular weight excluding hydrogens is 276 g/mol. The number of nitrogens with zero attached hydrogens (tertiary/aromatic N) is 1. The van der Waals surface area contributed by atoms with Gasteiger partial charge in [0.1, 0.15) is 0 Å². The van der Waals surface area contributed by atoms with Gasteiger partial charge in [-0.2, -0.15) is 0 Å². The van der Waals surface area contributed by atoms with Crippen LogP contribution in [0.15, 0.2) is 36.4 Å². The van der Waals surface area contributed by atoms with Crippen LogP contribution in [0.4, 0.5) is 5.69 Å². The Morgan fingerprint density at radius 3 is 2.41 bits per heavy atom. The van der Waals surface area contributed by atoms with Gasteiger partial charge in [-0.25, -0.2) is 0 Å². The Kier molecular flexibility index (Phi) is 5.75. The summed E-state index contributed by atoms with van der Waals surface area (Å²) in [5.74, 6) is 0.418. The minimum atomic E-state index is 0.0268. The fourth-order valence-electron chi connectivity index (χ4n) is 2.70. The lowest BCUT2D eigenvalue weighted by Crippen LogP contribution is -2.30. The highest BCUT2D eigenvalue weighted by Crippen LogP contribution is 2.21. The van der Waals surface area contributed by atoms with E-state index in [4.69, 9.17) is 0 Å². The fraction of sp³-hybridized carbons (Fsp3) is 0.444. The molecule has 118 valence electrons. The zero-order chi connectivity index (χ0) is 15.9. The van der Waals surface area contributed by atoms with Crippen LogP contribution in [0, 0.1) is 5.92 Å². The average molecular weight is 300 g/mol. The summed E-state index contributed by atoms with van der Waals surface area (Å²) in [6.45, 7) is 5.33. The number of carbonyl (C=O) groups is 2. The molecule has 0 heterocycles.